The van der Waals surface area contributed by atoms with Crippen LogP contribution in [0.5, 0.6) is 0 Å². The molecule has 0 radical (unpaired) electrons. The molecule has 0 fully saturated rings. The van der Waals surface area contributed by atoms with Crippen molar-refractivity contribution < 1.29 is 0 Å². The maximum atomic E-state index is 2.35. The lowest BCUT2D eigenvalue weighted by atomic mass is 10.1. The van der Waals surface area contributed by atoms with Gasteiger partial charge in [0.2, 0.25) is 0 Å². The zero-order chi connectivity index (χ0) is 9.56. The number of hydrogen-bond acceptors (Lipinski definition) is 0. The molecule has 0 aromatic heterocycles. The Labute approximate surface area is 77.4 Å². The van der Waals surface area contributed by atoms with Crippen LogP contribution in [0.25, 0.3) is 0 Å². The van der Waals surface area contributed by atoms with Gasteiger partial charge < -0.3 is 0 Å². The predicted octanol–water partition coefficient (Wildman–Crippen LogP) is 4.34. The van der Waals surface area contributed by atoms with Gasteiger partial charge in [0.15, 0.2) is 0 Å². The van der Waals surface area contributed by atoms with E-state index in [4.69, 9.17) is 0 Å². The number of rotatable bonds is 2. The van der Waals surface area contributed by atoms with Crippen molar-refractivity contribution in [2.75, 3.05) is 0 Å². The molecule has 1 aliphatic rings. The highest BCUT2D eigenvalue weighted by Gasteiger charge is 2.06. The number of hydrogen-bond donors (Lipinski definition) is 0. The summed E-state index contributed by atoms with van der Waals surface area (Å²) < 4.78 is 0. The minimum absolute atomic E-state index is 0.712. The topological polar surface area (TPSA) is 0 Å². The van der Waals surface area contributed by atoms with Gasteiger partial charge in [-0.15, -0.1) is 0 Å². The molecule has 0 atom stereocenters. The summed E-state index contributed by atoms with van der Waals surface area (Å²) in [5, 5.41) is 0. The summed E-state index contributed by atoms with van der Waals surface area (Å²) >= 11 is 0. The highest BCUT2D eigenvalue weighted by atomic mass is 14.1. The van der Waals surface area contributed by atoms with Crippen molar-refractivity contribution in [1.29, 1.82) is 0 Å². The van der Waals surface area contributed by atoms with Gasteiger partial charge in [0.05, 0.1) is 0 Å². The standard InChI is InChI=1S/C10H16.C2H6/c1-4-9-5-6-10(7-9)8(2)3;1-2/h6-8H,4-5H2,1-3H3;1-2H3. The lowest BCUT2D eigenvalue weighted by Gasteiger charge is -2.00. The molecular formula is C12H22. The molecule has 1 aliphatic carbocycles. The minimum Gasteiger partial charge on any atom is -0.0770 e. The van der Waals surface area contributed by atoms with E-state index in [2.05, 4.69) is 32.9 Å². The maximum absolute atomic E-state index is 2.35. The van der Waals surface area contributed by atoms with Crippen LogP contribution in [-0.4, -0.2) is 0 Å². The highest BCUT2D eigenvalue weighted by molar-refractivity contribution is 5.33. The van der Waals surface area contributed by atoms with Crippen LogP contribution in [0.1, 0.15) is 47.5 Å². The molecule has 0 heterocycles. The Hall–Kier alpha value is -0.520. The molecule has 0 N–H and O–H groups in total. The molecule has 0 saturated heterocycles. The lowest BCUT2D eigenvalue weighted by Crippen LogP contribution is -1.86. The molecule has 0 aliphatic heterocycles. The first kappa shape index (κ1) is 11.5. The van der Waals surface area contributed by atoms with E-state index < -0.39 is 0 Å². The summed E-state index contributed by atoms with van der Waals surface area (Å²) in [6.07, 6.45) is 7.12. The van der Waals surface area contributed by atoms with Gasteiger partial charge in [-0.1, -0.05) is 52.3 Å². The van der Waals surface area contributed by atoms with E-state index in [0.29, 0.717) is 5.92 Å². The van der Waals surface area contributed by atoms with Crippen LogP contribution in [0.15, 0.2) is 23.3 Å². The molecule has 0 unspecified atom stereocenters. The summed E-state index contributed by atoms with van der Waals surface area (Å²) in [5.74, 6) is 0.712. The first-order valence-corrected chi connectivity index (χ1v) is 5.13. The van der Waals surface area contributed by atoms with Crippen LogP contribution in [0.4, 0.5) is 0 Å². The van der Waals surface area contributed by atoms with E-state index in [1.807, 2.05) is 13.8 Å². The Morgan fingerprint density at radius 3 is 2.17 bits per heavy atom. The van der Waals surface area contributed by atoms with Crippen LogP contribution >= 0.6 is 0 Å². The number of allylic oxidation sites excluding steroid dienone is 4. The van der Waals surface area contributed by atoms with Crippen LogP contribution in [0.3, 0.4) is 0 Å². The molecule has 0 saturated carbocycles. The van der Waals surface area contributed by atoms with E-state index in [-0.39, 0.29) is 0 Å². The molecule has 0 aromatic rings. The molecule has 0 amide bonds. The molecule has 70 valence electrons. The summed E-state index contributed by atoms with van der Waals surface area (Å²) in [7, 11) is 0. The Morgan fingerprint density at radius 1 is 1.33 bits per heavy atom. The van der Waals surface area contributed by atoms with Crippen molar-refractivity contribution in [1.82, 2.24) is 0 Å². The second-order valence-corrected chi connectivity index (χ2v) is 3.22. The van der Waals surface area contributed by atoms with E-state index in [1.165, 1.54) is 18.4 Å². The normalized spacial score (nSPS) is 15.2. The minimum atomic E-state index is 0.712. The van der Waals surface area contributed by atoms with Gasteiger partial charge >= 0.3 is 0 Å². The van der Waals surface area contributed by atoms with Crippen LogP contribution in [0.2, 0.25) is 0 Å². The molecule has 0 spiro atoms. The highest BCUT2D eigenvalue weighted by Crippen LogP contribution is 2.24. The quantitative estimate of drug-likeness (QED) is 0.572. The summed E-state index contributed by atoms with van der Waals surface area (Å²) in [6.45, 7) is 10.7. The van der Waals surface area contributed by atoms with Gasteiger partial charge in [0.1, 0.15) is 0 Å². The smallest absolute Gasteiger partial charge is 0.0130 e. The van der Waals surface area contributed by atoms with Gasteiger partial charge in [-0.25, -0.2) is 0 Å². The molecule has 0 aromatic carbocycles. The first-order chi connectivity index (χ1) is 5.74. The third-order valence-corrected chi connectivity index (χ3v) is 2.09. The first-order valence-electron chi connectivity index (χ1n) is 5.13. The van der Waals surface area contributed by atoms with E-state index in [1.54, 1.807) is 5.57 Å². The maximum Gasteiger partial charge on any atom is -0.0130 e. The third kappa shape index (κ3) is 3.25. The molecular weight excluding hydrogens is 144 g/mol. The van der Waals surface area contributed by atoms with Crippen molar-refractivity contribution in [3.05, 3.63) is 23.3 Å². The molecule has 0 heteroatoms. The van der Waals surface area contributed by atoms with Gasteiger partial charge in [-0.3, -0.25) is 0 Å². The lowest BCUT2D eigenvalue weighted by molar-refractivity contribution is 0.793. The Morgan fingerprint density at radius 2 is 1.92 bits per heavy atom. The van der Waals surface area contributed by atoms with E-state index >= 15 is 0 Å². The van der Waals surface area contributed by atoms with E-state index in [9.17, 15) is 0 Å². The summed E-state index contributed by atoms with van der Waals surface area (Å²) in [6, 6.07) is 0. The van der Waals surface area contributed by atoms with Gasteiger partial charge in [-0.2, -0.15) is 0 Å². The average Bonchev–Trinajstić information content (AvgIpc) is 2.55. The SMILES string of the molecule is CC.CCC1=CC(C(C)C)=CC1. The average molecular weight is 166 g/mol. The van der Waals surface area contributed by atoms with Crippen molar-refractivity contribution in [2.45, 2.75) is 47.5 Å². The van der Waals surface area contributed by atoms with Gasteiger partial charge in [-0.05, 0) is 24.3 Å². The second-order valence-electron chi connectivity index (χ2n) is 3.22. The monoisotopic (exact) mass is 166 g/mol. The van der Waals surface area contributed by atoms with Crippen molar-refractivity contribution in [2.24, 2.45) is 5.92 Å². The Balaban J connectivity index is 0.000000561. The third-order valence-electron chi connectivity index (χ3n) is 2.09. The van der Waals surface area contributed by atoms with Crippen molar-refractivity contribution in [3.63, 3.8) is 0 Å². The molecule has 0 bridgehead atoms. The second kappa shape index (κ2) is 6.05. The van der Waals surface area contributed by atoms with Crippen molar-refractivity contribution in [3.8, 4) is 0 Å². The fraction of sp³-hybridized carbons (Fsp3) is 0.667. The molecule has 1 rings (SSSR count). The fourth-order valence-electron chi connectivity index (χ4n) is 1.25. The Bertz CT molecular complexity index is 170. The zero-order valence-electron chi connectivity index (χ0n) is 9.15. The summed E-state index contributed by atoms with van der Waals surface area (Å²) in [5.41, 5.74) is 3.11. The summed E-state index contributed by atoms with van der Waals surface area (Å²) in [4.78, 5) is 0. The predicted molar refractivity (Wildman–Crippen MR) is 57.3 cm³/mol. The molecule has 0 nitrogen and oxygen atoms in total. The van der Waals surface area contributed by atoms with Gasteiger partial charge in [0, 0.05) is 0 Å². The zero-order valence-corrected chi connectivity index (χ0v) is 9.15. The fourth-order valence-corrected chi connectivity index (χ4v) is 1.25. The van der Waals surface area contributed by atoms with Crippen molar-refractivity contribution >= 4 is 0 Å². The van der Waals surface area contributed by atoms with Crippen LogP contribution < -0.4 is 0 Å². The largest absolute Gasteiger partial charge is 0.0770 e. The molecule has 12 heavy (non-hydrogen) atoms. The van der Waals surface area contributed by atoms with E-state index in [0.717, 1.165) is 0 Å². The van der Waals surface area contributed by atoms with Crippen LogP contribution in [-0.2, 0) is 0 Å². The Kier molecular flexibility index (Phi) is 5.79. The van der Waals surface area contributed by atoms with Gasteiger partial charge in [0.25, 0.3) is 0 Å². The van der Waals surface area contributed by atoms with Crippen LogP contribution in [0, 0.1) is 5.92 Å².